The maximum atomic E-state index is 13.7. The van der Waals surface area contributed by atoms with E-state index >= 15 is 0 Å². The van der Waals surface area contributed by atoms with E-state index in [1.165, 1.54) is 6.07 Å². The number of aliphatic imine (C=N–C) groups is 1. The standard InChI is InChI=1S/C25H22F3N3O3S/c1-15(17-9-7-16(8-10-17)12-31-13-19(14-31)24(32)33)30-23(34-29)21-11-20(18-5-3-2-4-6-18)22(35-21)25(26,27)28/h2-11,19H,1,12-14,29H2,(H,32,33)/b30-23-. The third kappa shape index (κ3) is 5.61. The molecule has 3 N–H and O–H groups in total. The number of alkyl halides is 3. The molecule has 1 aliphatic rings. The van der Waals surface area contributed by atoms with Crippen molar-refractivity contribution in [2.75, 3.05) is 13.1 Å². The van der Waals surface area contributed by atoms with E-state index in [1.807, 2.05) is 17.0 Å². The molecule has 1 aromatic heterocycles. The second-order valence-corrected chi connectivity index (χ2v) is 9.18. The molecule has 10 heteroatoms. The minimum Gasteiger partial charge on any atom is -0.481 e. The summed E-state index contributed by atoms with van der Waals surface area (Å²) < 4.78 is 41.1. The van der Waals surface area contributed by atoms with Gasteiger partial charge in [0.1, 0.15) is 4.88 Å². The van der Waals surface area contributed by atoms with Gasteiger partial charge in [-0.1, -0.05) is 61.2 Å². The zero-order chi connectivity index (χ0) is 25.2. The Morgan fingerprint density at radius 2 is 1.83 bits per heavy atom. The van der Waals surface area contributed by atoms with E-state index in [9.17, 15) is 18.0 Å². The van der Waals surface area contributed by atoms with Gasteiger partial charge in [0, 0.05) is 25.2 Å². The lowest BCUT2D eigenvalue weighted by atomic mass is 9.99. The van der Waals surface area contributed by atoms with E-state index in [0.717, 1.165) is 5.56 Å². The van der Waals surface area contributed by atoms with Crippen molar-refractivity contribution in [3.05, 3.63) is 88.1 Å². The molecule has 0 bridgehead atoms. The lowest BCUT2D eigenvalue weighted by Gasteiger charge is -2.36. The van der Waals surface area contributed by atoms with Gasteiger partial charge < -0.3 is 9.94 Å². The number of rotatable bonds is 7. The summed E-state index contributed by atoms with van der Waals surface area (Å²) in [7, 11) is 0. The average Bonchev–Trinajstić information content (AvgIpc) is 3.26. The normalized spacial score (nSPS) is 15.0. The molecule has 0 radical (unpaired) electrons. The lowest BCUT2D eigenvalue weighted by molar-refractivity contribution is -0.147. The molecule has 35 heavy (non-hydrogen) atoms. The first-order valence-corrected chi connectivity index (χ1v) is 11.4. The number of carboxylic acid groups (broad SMARTS) is 1. The summed E-state index contributed by atoms with van der Waals surface area (Å²) in [4.78, 5) is 21.4. The van der Waals surface area contributed by atoms with Crippen LogP contribution in [0.4, 0.5) is 13.2 Å². The van der Waals surface area contributed by atoms with E-state index in [0.29, 0.717) is 42.1 Å². The van der Waals surface area contributed by atoms with Crippen LogP contribution < -0.4 is 5.90 Å². The Balaban J connectivity index is 1.53. The molecule has 0 saturated carbocycles. The monoisotopic (exact) mass is 501 g/mol. The highest BCUT2D eigenvalue weighted by molar-refractivity contribution is 7.14. The largest absolute Gasteiger partial charge is 0.481 e. The molecule has 1 aliphatic heterocycles. The lowest BCUT2D eigenvalue weighted by Crippen LogP contribution is -2.49. The van der Waals surface area contributed by atoms with Crippen LogP contribution in [-0.2, 0) is 22.4 Å². The second kappa shape index (κ2) is 10.0. The summed E-state index contributed by atoms with van der Waals surface area (Å²) in [6, 6.07) is 16.9. The summed E-state index contributed by atoms with van der Waals surface area (Å²) in [6.07, 6.45) is -4.55. The molecule has 182 valence electrons. The van der Waals surface area contributed by atoms with Gasteiger partial charge >= 0.3 is 12.1 Å². The van der Waals surface area contributed by atoms with Crippen LogP contribution >= 0.6 is 11.3 Å². The zero-order valence-corrected chi connectivity index (χ0v) is 19.3. The number of nitrogens with two attached hydrogens (primary N) is 1. The predicted octanol–water partition coefficient (Wildman–Crippen LogP) is 5.26. The number of carbonyl (C=O) groups is 1. The SMILES string of the molecule is C=C(/N=C(\ON)c1cc(-c2ccccc2)c(C(F)(F)F)s1)c1ccc(CN2CC(C(=O)O)C2)cc1. The smallest absolute Gasteiger partial charge is 0.426 e. The number of nitrogens with zero attached hydrogens (tertiary/aromatic N) is 2. The third-order valence-corrected chi connectivity index (χ3v) is 6.80. The van der Waals surface area contributed by atoms with Crippen molar-refractivity contribution in [3.8, 4) is 11.1 Å². The van der Waals surface area contributed by atoms with Crippen molar-refractivity contribution in [2.45, 2.75) is 12.7 Å². The van der Waals surface area contributed by atoms with Gasteiger partial charge in [-0.05, 0) is 22.8 Å². The van der Waals surface area contributed by atoms with Gasteiger partial charge in [-0.3, -0.25) is 9.69 Å². The maximum Gasteiger partial charge on any atom is 0.426 e. The molecular weight excluding hydrogens is 479 g/mol. The minimum absolute atomic E-state index is 0.0222. The number of halogens is 3. The number of hydrogen-bond donors (Lipinski definition) is 2. The molecule has 0 amide bonds. The molecule has 1 fully saturated rings. The third-order valence-electron chi connectivity index (χ3n) is 5.63. The van der Waals surface area contributed by atoms with Gasteiger partial charge in [-0.2, -0.15) is 19.1 Å². The van der Waals surface area contributed by atoms with Crippen LogP contribution in [0.2, 0.25) is 0 Å². The highest BCUT2D eigenvalue weighted by atomic mass is 32.1. The van der Waals surface area contributed by atoms with Crippen LogP contribution in [0.15, 0.2) is 72.2 Å². The van der Waals surface area contributed by atoms with Crippen LogP contribution in [0.5, 0.6) is 0 Å². The van der Waals surface area contributed by atoms with E-state index in [-0.39, 0.29) is 28.0 Å². The van der Waals surface area contributed by atoms with Gasteiger partial charge in [-0.15, -0.1) is 11.3 Å². The summed E-state index contributed by atoms with van der Waals surface area (Å²) in [5.41, 5.74) is 2.35. The molecule has 4 rings (SSSR count). The zero-order valence-electron chi connectivity index (χ0n) is 18.5. The Labute approximate surface area is 203 Å². The molecule has 6 nitrogen and oxygen atoms in total. The fourth-order valence-electron chi connectivity index (χ4n) is 3.78. The van der Waals surface area contributed by atoms with E-state index in [1.54, 1.807) is 42.5 Å². The Morgan fingerprint density at radius 3 is 2.40 bits per heavy atom. The molecule has 3 aromatic rings. The van der Waals surface area contributed by atoms with E-state index in [4.69, 9.17) is 15.8 Å². The summed E-state index contributed by atoms with van der Waals surface area (Å²) in [6.45, 7) is 5.55. The predicted molar refractivity (Wildman–Crippen MR) is 128 cm³/mol. The first-order chi connectivity index (χ1) is 16.7. The number of benzene rings is 2. The average molecular weight is 502 g/mol. The highest BCUT2D eigenvalue weighted by Crippen LogP contribution is 2.43. The van der Waals surface area contributed by atoms with Crippen LogP contribution in [0.1, 0.15) is 20.9 Å². The van der Waals surface area contributed by atoms with Crippen molar-refractivity contribution < 1.29 is 27.9 Å². The van der Waals surface area contributed by atoms with E-state index in [2.05, 4.69) is 11.6 Å². The van der Waals surface area contributed by atoms with Crippen LogP contribution in [-0.4, -0.2) is 35.0 Å². The van der Waals surface area contributed by atoms with Crippen molar-refractivity contribution in [1.82, 2.24) is 4.90 Å². The summed E-state index contributed by atoms with van der Waals surface area (Å²) >= 11 is 0.502. The topological polar surface area (TPSA) is 88.2 Å². The van der Waals surface area contributed by atoms with E-state index < -0.39 is 17.0 Å². The number of aliphatic carboxylic acids is 1. The Bertz CT molecular complexity index is 1250. The maximum absolute atomic E-state index is 13.7. The molecule has 2 aromatic carbocycles. The fraction of sp³-hybridized carbons (Fsp3) is 0.200. The van der Waals surface area contributed by atoms with Crippen molar-refractivity contribution in [2.24, 2.45) is 16.8 Å². The van der Waals surface area contributed by atoms with Gasteiger partial charge in [-0.25, -0.2) is 4.99 Å². The second-order valence-electron chi connectivity index (χ2n) is 8.12. The van der Waals surface area contributed by atoms with Gasteiger partial charge in [0.2, 0.25) is 0 Å². The first-order valence-electron chi connectivity index (χ1n) is 10.6. The van der Waals surface area contributed by atoms with Crippen molar-refractivity contribution in [1.29, 1.82) is 0 Å². The molecule has 1 saturated heterocycles. The molecule has 0 unspecified atom stereocenters. The molecular formula is C25H22F3N3O3S. The Hall–Kier alpha value is -3.47. The molecule has 0 atom stereocenters. The van der Waals surface area contributed by atoms with Gasteiger partial charge in [0.15, 0.2) is 0 Å². The number of carboxylic acids is 1. The Morgan fingerprint density at radius 1 is 1.17 bits per heavy atom. The summed E-state index contributed by atoms with van der Waals surface area (Å²) in [5, 5.41) is 8.98. The Kier molecular flexibility index (Phi) is 7.06. The first kappa shape index (κ1) is 24.6. The van der Waals surface area contributed by atoms with Crippen LogP contribution in [0.3, 0.4) is 0 Å². The van der Waals surface area contributed by atoms with Crippen molar-refractivity contribution in [3.63, 3.8) is 0 Å². The van der Waals surface area contributed by atoms with Gasteiger partial charge in [0.25, 0.3) is 5.90 Å². The summed E-state index contributed by atoms with van der Waals surface area (Å²) in [5.74, 6) is 4.10. The van der Waals surface area contributed by atoms with Crippen molar-refractivity contribution >= 4 is 28.9 Å². The fourth-order valence-corrected chi connectivity index (χ4v) is 4.76. The number of thiophene rings is 1. The molecule has 2 heterocycles. The highest BCUT2D eigenvalue weighted by Gasteiger charge is 2.37. The quantitative estimate of drug-likeness (QED) is 0.262. The molecule has 0 aliphatic carbocycles. The van der Waals surface area contributed by atoms with Gasteiger partial charge in [0.05, 0.1) is 16.5 Å². The number of likely N-dealkylation sites (tertiary alicyclic amines) is 1. The minimum atomic E-state index is -4.55. The van der Waals surface area contributed by atoms with Crippen LogP contribution in [0.25, 0.3) is 16.8 Å². The number of hydrogen-bond acceptors (Lipinski definition) is 6. The molecule has 0 spiro atoms. The van der Waals surface area contributed by atoms with Crippen LogP contribution in [0, 0.1) is 5.92 Å².